The van der Waals surface area contributed by atoms with Crippen molar-refractivity contribution in [1.82, 2.24) is 4.90 Å². The van der Waals surface area contributed by atoms with Gasteiger partial charge in [-0.1, -0.05) is 29.8 Å². The van der Waals surface area contributed by atoms with Gasteiger partial charge >= 0.3 is 6.03 Å². The molecule has 0 aromatic heterocycles. The van der Waals surface area contributed by atoms with Crippen LogP contribution in [0.1, 0.15) is 17.5 Å². The molecular weight excluding hydrogens is 428 g/mol. The average molecular weight is 449 g/mol. The maximum atomic E-state index is 13.7. The van der Waals surface area contributed by atoms with E-state index in [0.717, 1.165) is 10.5 Å². The molecule has 1 saturated heterocycles. The fourth-order valence-corrected chi connectivity index (χ4v) is 3.70. The van der Waals surface area contributed by atoms with Crippen LogP contribution in [0.15, 0.2) is 72.8 Å². The molecule has 3 aromatic carbocycles. The van der Waals surface area contributed by atoms with E-state index in [9.17, 15) is 23.2 Å². The van der Waals surface area contributed by atoms with Crippen molar-refractivity contribution in [3.63, 3.8) is 0 Å². The number of anilines is 2. The molecule has 3 aromatic rings. The monoisotopic (exact) mass is 449 g/mol. The Bertz CT molecular complexity index is 1200. The minimum Gasteiger partial charge on any atom is -0.326 e. The number of amides is 4. The van der Waals surface area contributed by atoms with E-state index in [2.05, 4.69) is 5.32 Å². The highest BCUT2D eigenvalue weighted by Crippen LogP contribution is 2.29. The van der Waals surface area contributed by atoms with Crippen molar-refractivity contribution in [2.45, 2.75) is 25.9 Å². The molecule has 1 N–H and O–H groups in total. The van der Waals surface area contributed by atoms with Crippen LogP contribution in [0.2, 0.25) is 0 Å². The maximum absolute atomic E-state index is 13.7. The molecule has 8 heteroatoms. The summed E-state index contributed by atoms with van der Waals surface area (Å²) in [5.41, 5.74) is 2.21. The first-order valence-corrected chi connectivity index (χ1v) is 10.3. The van der Waals surface area contributed by atoms with Crippen LogP contribution in [-0.2, 0) is 16.1 Å². The third-order valence-corrected chi connectivity index (χ3v) is 5.36. The highest BCUT2D eigenvalue weighted by atomic mass is 19.1. The van der Waals surface area contributed by atoms with Crippen LogP contribution in [0.4, 0.5) is 25.0 Å². The maximum Gasteiger partial charge on any atom is 0.332 e. The smallest absolute Gasteiger partial charge is 0.326 e. The lowest BCUT2D eigenvalue weighted by atomic mass is 10.1. The summed E-state index contributed by atoms with van der Waals surface area (Å²) in [6, 6.07) is 16.1. The lowest BCUT2D eigenvalue weighted by Crippen LogP contribution is -2.37. The highest BCUT2D eigenvalue weighted by molar-refractivity contribution is 6.22. The Morgan fingerprint density at radius 2 is 1.64 bits per heavy atom. The molecule has 0 unspecified atom stereocenters. The van der Waals surface area contributed by atoms with Gasteiger partial charge in [0.05, 0.1) is 12.1 Å². The molecule has 0 saturated carbocycles. The van der Waals surface area contributed by atoms with Crippen molar-refractivity contribution in [2.24, 2.45) is 0 Å². The fraction of sp³-hybridized carbons (Fsp3) is 0.160. The molecule has 0 spiro atoms. The summed E-state index contributed by atoms with van der Waals surface area (Å²) in [4.78, 5) is 41.5. The summed E-state index contributed by atoms with van der Waals surface area (Å²) in [6.45, 7) is 1.84. The average Bonchev–Trinajstić information content (AvgIpc) is 3.00. The van der Waals surface area contributed by atoms with Crippen LogP contribution in [0.3, 0.4) is 0 Å². The Hall–Kier alpha value is -4.07. The van der Waals surface area contributed by atoms with E-state index in [-0.39, 0.29) is 13.0 Å². The Morgan fingerprint density at radius 3 is 2.30 bits per heavy atom. The Morgan fingerprint density at radius 1 is 0.939 bits per heavy atom. The summed E-state index contributed by atoms with van der Waals surface area (Å²) >= 11 is 0. The molecule has 1 aliphatic heterocycles. The first kappa shape index (κ1) is 22.1. The summed E-state index contributed by atoms with van der Waals surface area (Å²) in [6.07, 6.45) is -0.306. The minimum atomic E-state index is -1.08. The summed E-state index contributed by atoms with van der Waals surface area (Å²) < 4.78 is 26.8. The van der Waals surface area contributed by atoms with Gasteiger partial charge in [-0.15, -0.1) is 0 Å². The largest absolute Gasteiger partial charge is 0.332 e. The minimum absolute atomic E-state index is 0.0425. The normalized spacial score (nSPS) is 15.8. The first-order chi connectivity index (χ1) is 15.8. The van der Waals surface area contributed by atoms with Gasteiger partial charge in [-0.2, -0.15) is 0 Å². The number of nitrogens with one attached hydrogen (secondary N) is 1. The molecule has 0 bridgehead atoms. The second-order valence-electron chi connectivity index (χ2n) is 7.82. The lowest BCUT2D eigenvalue weighted by molar-refractivity contribution is -0.124. The van der Waals surface area contributed by atoms with Gasteiger partial charge in [-0.25, -0.2) is 18.5 Å². The van der Waals surface area contributed by atoms with E-state index in [1.54, 1.807) is 30.3 Å². The molecule has 4 amide bonds. The molecule has 33 heavy (non-hydrogen) atoms. The topological polar surface area (TPSA) is 69.7 Å². The lowest BCUT2D eigenvalue weighted by Gasteiger charge is -2.21. The summed E-state index contributed by atoms with van der Waals surface area (Å²) in [7, 11) is 0. The summed E-state index contributed by atoms with van der Waals surface area (Å²) in [5, 5.41) is 2.61. The first-order valence-electron chi connectivity index (χ1n) is 10.3. The van der Waals surface area contributed by atoms with Crippen molar-refractivity contribution < 1.29 is 23.2 Å². The van der Waals surface area contributed by atoms with Gasteiger partial charge in [-0.05, 0) is 61.0 Å². The fourth-order valence-electron chi connectivity index (χ4n) is 3.70. The number of aryl methyl sites for hydroxylation is 1. The van der Waals surface area contributed by atoms with E-state index >= 15 is 0 Å². The third-order valence-electron chi connectivity index (χ3n) is 5.36. The zero-order valence-electron chi connectivity index (χ0n) is 17.8. The van der Waals surface area contributed by atoms with E-state index < -0.39 is 35.5 Å². The predicted octanol–water partition coefficient (Wildman–Crippen LogP) is 4.64. The second kappa shape index (κ2) is 9.20. The van der Waals surface area contributed by atoms with Gasteiger partial charge in [0, 0.05) is 12.2 Å². The predicted molar refractivity (Wildman–Crippen MR) is 119 cm³/mol. The quantitative estimate of drug-likeness (QED) is 0.558. The number of imide groups is 1. The zero-order valence-corrected chi connectivity index (χ0v) is 17.8. The van der Waals surface area contributed by atoms with Gasteiger partial charge in [-0.3, -0.25) is 9.59 Å². The number of urea groups is 1. The standard InChI is InChI=1S/C25H21F2N3O3/c1-16-5-11-21(12-6-16)30-24(32)22(14-23(31)28-20-9-7-18(26)8-10-20)29(25(30)33)15-17-3-2-4-19(27)13-17/h2-13,22H,14-15H2,1H3,(H,28,31)/t22-/m1/s1. The van der Waals surface area contributed by atoms with E-state index in [0.29, 0.717) is 16.9 Å². The number of hydrogen-bond acceptors (Lipinski definition) is 3. The number of hydrogen-bond donors (Lipinski definition) is 1. The number of benzene rings is 3. The van der Waals surface area contributed by atoms with Crippen molar-refractivity contribution in [3.05, 3.63) is 95.6 Å². The molecular formula is C25H21F2N3O3. The van der Waals surface area contributed by atoms with Crippen molar-refractivity contribution >= 4 is 29.2 Å². The van der Waals surface area contributed by atoms with Crippen LogP contribution < -0.4 is 10.2 Å². The van der Waals surface area contributed by atoms with Gasteiger partial charge in [0.2, 0.25) is 5.91 Å². The van der Waals surface area contributed by atoms with E-state index in [1.165, 1.54) is 47.4 Å². The Balaban J connectivity index is 1.60. The van der Waals surface area contributed by atoms with Crippen LogP contribution >= 0.6 is 0 Å². The molecule has 0 radical (unpaired) electrons. The van der Waals surface area contributed by atoms with Crippen molar-refractivity contribution in [3.8, 4) is 0 Å². The molecule has 6 nitrogen and oxygen atoms in total. The molecule has 0 aliphatic carbocycles. The van der Waals surface area contributed by atoms with Crippen molar-refractivity contribution in [2.75, 3.05) is 10.2 Å². The van der Waals surface area contributed by atoms with Crippen LogP contribution in [0, 0.1) is 18.6 Å². The van der Waals surface area contributed by atoms with Gasteiger partial charge in [0.1, 0.15) is 17.7 Å². The molecule has 1 atom stereocenters. The van der Waals surface area contributed by atoms with Gasteiger partial charge in [0.25, 0.3) is 5.91 Å². The van der Waals surface area contributed by atoms with Crippen LogP contribution in [0.5, 0.6) is 0 Å². The zero-order chi connectivity index (χ0) is 23.5. The van der Waals surface area contributed by atoms with E-state index in [1.807, 2.05) is 6.92 Å². The number of halogens is 2. The molecule has 1 aliphatic rings. The highest BCUT2D eigenvalue weighted by Gasteiger charge is 2.46. The van der Waals surface area contributed by atoms with Crippen molar-refractivity contribution in [1.29, 1.82) is 0 Å². The molecule has 1 fully saturated rings. The molecule has 168 valence electrons. The van der Waals surface area contributed by atoms with Gasteiger partial charge in [0.15, 0.2) is 0 Å². The second-order valence-corrected chi connectivity index (χ2v) is 7.82. The van der Waals surface area contributed by atoms with Gasteiger partial charge < -0.3 is 10.2 Å². The number of carbonyl (C=O) groups excluding carboxylic acids is 3. The Labute approximate surface area is 189 Å². The Kier molecular flexibility index (Phi) is 6.17. The third kappa shape index (κ3) is 4.90. The molecule has 1 heterocycles. The molecule has 4 rings (SSSR count). The SMILES string of the molecule is Cc1ccc(N2C(=O)[C@@H](CC(=O)Nc3ccc(F)cc3)N(Cc3cccc(F)c3)C2=O)cc1. The number of carbonyl (C=O) groups is 3. The van der Waals surface area contributed by atoms with Crippen LogP contribution in [-0.4, -0.2) is 28.8 Å². The summed E-state index contributed by atoms with van der Waals surface area (Å²) in [5.74, 6) is -1.97. The number of nitrogens with zero attached hydrogens (tertiary/aromatic N) is 2. The number of rotatable bonds is 6. The van der Waals surface area contributed by atoms with Crippen LogP contribution in [0.25, 0.3) is 0 Å². The van der Waals surface area contributed by atoms with E-state index in [4.69, 9.17) is 0 Å².